The number of thioether (sulfide) groups is 1. The van der Waals surface area contributed by atoms with Gasteiger partial charge in [-0.3, -0.25) is 14.4 Å². The second kappa shape index (κ2) is 11.8. The van der Waals surface area contributed by atoms with Gasteiger partial charge in [-0.25, -0.2) is 0 Å². The van der Waals surface area contributed by atoms with Gasteiger partial charge in [-0.1, -0.05) is 58.4 Å². The van der Waals surface area contributed by atoms with Gasteiger partial charge in [0.1, 0.15) is 6.04 Å². The molecule has 1 N–H and O–H groups in total. The number of carbonyl (C=O) groups is 3. The van der Waals surface area contributed by atoms with E-state index >= 15 is 0 Å². The number of hydrogen-bond acceptors (Lipinski definition) is 5. The normalized spacial score (nSPS) is 28.0. The number of aliphatic hydroxyl groups excluding tert-OH is 1. The Labute approximate surface area is 254 Å². The molecule has 3 amide bonds. The second-order valence-corrected chi connectivity index (χ2v) is 13.7. The molecular formula is C32H36BrN3O4S. The summed E-state index contributed by atoms with van der Waals surface area (Å²) in [7, 11) is 0. The summed E-state index contributed by atoms with van der Waals surface area (Å²) in [5.41, 5.74) is 3.47. The smallest absolute Gasteiger partial charge is 0.251 e. The maximum atomic E-state index is 14.7. The van der Waals surface area contributed by atoms with Crippen LogP contribution in [0, 0.1) is 25.7 Å². The summed E-state index contributed by atoms with van der Waals surface area (Å²) in [6.07, 6.45) is 3.95. The summed E-state index contributed by atoms with van der Waals surface area (Å²) in [5.74, 6) is -1.91. The number of likely N-dealkylation sites (tertiary alicyclic amines) is 1. The molecule has 3 unspecified atom stereocenters. The fourth-order valence-corrected chi connectivity index (χ4v) is 10.5. The van der Waals surface area contributed by atoms with E-state index in [2.05, 4.69) is 29.1 Å². The number of aryl methyl sites for hydroxylation is 2. The second-order valence-electron chi connectivity index (χ2n) is 11.0. The number of carbonyl (C=O) groups excluding carboxylic acids is 3. The molecule has 3 fully saturated rings. The van der Waals surface area contributed by atoms with Gasteiger partial charge in [0, 0.05) is 41.1 Å². The van der Waals surface area contributed by atoms with Crippen molar-refractivity contribution in [2.24, 2.45) is 11.8 Å². The fraction of sp³-hybridized carbons (Fsp3) is 0.406. The van der Waals surface area contributed by atoms with E-state index in [0.29, 0.717) is 13.0 Å². The summed E-state index contributed by atoms with van der Waals surface area (Å²) in [6, 6.07) is 14.5. The Morgan fingerprint density at radius 3 is 2.44 bits per heavy atom. The molecule has 0 radical (unpaired) electrons. The molecule has 2 aromatic carbocycles. The highest BCUT2D eigenvalue weighted by atomic mass is 79.9. The van der Waals surface area contributed by atoms with Gasteiger partial charge >= 0.3 is 0 Å². The van der Waals surface area contributed by atoms with Crippen molar-refractivity contribution < 1.29 is 19.5 Å². The fourth-order valence-electron chi connectivity index (χ4n) is 6.87. The first-order valence-electron chi connectivity index (χ1n) is 13.9. The molecular weight excluding hydrogens is 602 g/mol. The average molecular weight is 639 g/mol. The first-order valence-corrected chi connectivity index (χ1v) is 15.7. The topological polar surface area (TPSA) is 81.2 Å². The number of anilines is 2. The van der Waals surface area contributed by atoms with Crippen molar-refractivity contribution in [1.29, 1.82) is 0 Å². The van der Waals surface area contributed by atoms with Gasteiger partial charge in [0.05, 0.1) is 23.2 Å². The highest BCUT2D eigenvalue weighted by Crippen LogP contribution is 2.68. The number of rotatable bonds is 10. The number of amides is 3. The Balaban J connectivity index is 1.59. The molecule has 2 aromatic rings. The van der Waals surface area contributed by atoms with E-state index < -0.39 is 22.6 Å². The molecule has 0 aromatic heterocycles. The number of alkyl halides is 1. The number of halogens is 1. The highest BCUT2D eigenvalue weighted by Gasteiger charge is 2.76. The van der Waals surface area contributed by atoms with E-state index in [1.165, 1.54) is 4.90 Å². The number of β-amino-alcohol motifs (C(OH)–C–C–N with tert-alkyl or cyclic N) is 1. The van der Waals surface area contributed by atoms with Crippen LogP contribution in [0.2, 0.25) is 0 Å². The van der Waals surface area contributed by atoms with Crippen LogP contribution in [-0.2, 0) is 14.4 Å². The molecule has 3 aliphatic heterocycles. The minimum atomic E-state index is -0.829. The first kappa shape index (κ1) is 29.6. The van der Waals surface area contributed by atoms with Gasteiger partial charge in [0.25, 0.3) is 5.91 Å². The number of benzene rings is 2. The zero-order valence-corrected chi connectivity index (χ0v) is 25.8. The van der Waals surface area contributed by atoms with Crippen molar-refractivity contribution in [3.8, 4) is 0 Å². The number of hydrogen-bond donors (Lipinski definition) is 1. The van der Waals surface area contributed by atoms with Crippen molar-refractivity contribution in [1.82, 2.24) is 4.90 Å². The average Bonchev–Trinajstić information content (AvgIpc) is 3.55. The Hall–Kier alpha value is -2.88. The third-order valence-electron chi connectivity index (χ3n) is 8.53. The first-order chi connectivity index (χ1) is 19.7. The van der Waals surface area contributed by atoms with E-state index in [4.69, 9.17) is 0 Å². The number of nitrogens with zero attached hydrogens (tertiary/aromatic N) is 3. The molecule has 3 heterocycles. The van der Waals surface area contributed by atoms with Crippen LogP contribution >= 0.6 is 27.7 Å². The number of para-hydroxylation sites is 1. The minimum Gasteiger partial charge on any atom is -0.395 e. The predicted octanol–water partition coefficient (Wildman–Crippen LogP) is 4.50. The van der Waals surface area contributed by atoms with Crippen LogP contribution in [0.5, 0.6) is 0 Å². The van der Waals surface area contributed by atoms with E-state index in [1.807, 2.05) is 62.4 Å². The van der Waals surface area contributed by atoms with Gasteiger partial charge in [0.15, 0.2) is 0 Å². The third kappa shape index (κ3) is 4.85. The lowest BCUT2D eigenvalue weighted by Gasteiger charge is -2.38. The molecule has 3 saturated heterocycles. The Morgan fingerprint density at radius 1 is 1.10 bits per heavy atom. The zero-order chi connectivity index (χ0) is 29.5. The van der Waals surface area contributed by atoms with Crippen LogP contribution in [0.25, 0.3) is 0 Å². The van der Waals surface area contributed by atoms with Crippen LogP contribution in [0.3, 0.4) is 0 Å². The number of fused-ring (bicyclic) bond motifs is 1. The van der Waals surface area contributed by atoms with Crippen LogP contribution < -0.4 is 9.80 Å². The molecule has 5 rings (SSSR count). The largest absolute Gasteiger partial charge is 0.395 e. The van der Waals surface area contributed by atoms with E-state index in [-0.39, 0.29) is 47.5 Å². The lowest BCUT2D eigenvalue weighted by atomic mass is 9.70. The molecule has 9 heteroatoms. The van der Waals surface area contributed by atoms with Crippen molar-refractivity contribution in [3.05, 3.63) is 85.0 Å². The summed E-state index contributed by atoms with van der Waals surface area (Å²) < 4.78 is -0.809. The van der Waals surface area contributed by atoms with Gasteiger partial charge in [-0.15, -0.1) is 24.9 Å². The molecule has 7 nitrogen and oxygen atoms in total. The van der Waals surface area contributed by atoms with Gasteiger partial charge < -0.3 is 19.8 Å². The molecule has 0 aliphatic carbocycles. The SMILES string of the molecule is C=CCN(C(=O)[C@H]1[C@H]2C(=O)N(CCO)C(C(=O)N(CC=C)c3cc(C)ccc3C)C23CC(Br)[C@@H]1S3)c1ccccc1. The lowest BCUT2D eigenvalue weighted by molar-refractivity contribution is -0.139. The molecule has 41 heavy (non-hydrogen) atoms. The lowest BCUT2D eigenvalue weighted by Crippen LogP contribution is -2.56. The van der Waals surface area contributed by atoms with Crippen LogP contribution in [0.1, 0.15) is 17.5 Å². The molecule has 2 bridgehead atoms. The minimum absolute atomic E-state index is 0.0242. The molecule has 3 aliphatic rings. The Kier molecular flexibility index (Phi) is 8.51. The molecule has 0 saturated carbocycles. The summed E-state index contributed by atoms with van der Waals surface area (Å²) in [4.78, 5) is 48.1. The molecule has 216 valence electrons. The van der Waals surface area contributed by atoms with Crippen LogP contribution in [0.4, 0.5) is 11.4 Å². The highest BCUT2D eigenvalue weighted by molar-refractivity contribution is 9.09. The molecule has 1 spiro atoms. The standard InChI is InChI=1S/C32H36BrN3O4S/c1-5-14-34(22-10-8-7-9-11-22)29(38)25-26-30(39)36(16-17-37)28(32(26)19-23(33)27(25)41-32)31(40)35(15-6-2)24-18-20(3)12-13-21(24)4/h5-13,18,23,25-28,37H,1-2,14-17,19H2,3-4H3/t23?,25-,26-,27-,28?,32?/m0/s1. The van der Waals surface area contributed by atoms with E-state index in [1.54, 1.807) is 33.7 Å². The van der Waals surface area contributed by atoms with Gasteiger partial charge in [-0.05, 0) is 49.6 Å². The quantitative estimate of drug-likeness (QED) is 0.307. The third-order valence-corrected chi connectivity index (χ3v) is 11.7. The van der Waals surface area contributed by atoms with E-state index in [0.717, 1.165) is 22.5 Å². The van der Waals surface area contributed by atoms with Crippen LogP contribution in [0.15, 0.2) is 73.8 Å². The van der Waals surface area contributed by atoms with Crippen molar-refractivity contribution in [2.45, 2.75) is 41.1 Å². The summed E-state index contributed by atoms with van der Waals surface area (Å²) in [6.45, 7) is 12.0. The molecule has 6 atom stereocenters. The van der Waals surface area contributed by atoms with Crippen molar-refractivity contribution >= 4 is 56.8 Å². The summed E-state index contributed by atoms with van der Waals surface area (Å²) >= 11 is 5.43. The Morgan fingerprint density at radius 2 is 1.78 bits per heavy atom. The predicted molar refractivity (Wildman–Crippen MR) is 168 cm³/mol. The van der Waals surface area contributed by atoms with Crippen molar-refractivity contribution in [2.75, 3.05) is 36.0 Å². The van der Waals surface area contributed by atoms with Crippen molar-refractivity contribution in [3.63, 3.8) is 0 Å². The zero-order valence-electron chi connectivity index (χ0n) is 23.4. The Bertz CT molecular complexity index is 1370. The number of aliphatic hydroxyl groups is 1. The monoisotopic (exact) mass is 637 g/mol. The van der Waals surface area contributed by atoms with E-state index in [9.17, 15) is 19.5 Å². The maximum Gasteiger partial charge on any atom is 0.251 e. The van der Waals surface area contributed by atoms with Gasteiger partial charge in [0.2, 0.25) is 11.8 Å². The summed E-state index contributed by atoms with van der Waals surface area (Å²) in [5, 5.41) is 9.84. The van der Waals surface area contributed by atoms with Gasteiger partial charge in [-0.2, -0.15) is 0 Å². The maximum absolute atomic E-state index is 14.7. The van der Waals surface area contributed by atoms with Crippen LogP contribution in [-0.4, -0.2) is 74.8 Å².